The molecule has 0 fully saturated rings. The van der Waals surface area contributed by atoms with Crippen LogP contribution in [0.2, 0.25) is 0 Å². The molecule has 0 atom stereocenters. The average Bonchev–Trinajstić information content (AvgIpc) is 3.18. The van der Waals surface area contributed by atoms with Crippen LogP contribution >= 0.6 is 0 Å². The summed E-state index contributed by atoms with van der Waals surface area (Å²) in [5.74, 6) is 0. The zero-order valence-corrected chi connectivity index (χ0v) is 17.9. The Kier molecular flexibility index (Phi) is 7.71. The molecule has 4 heteroatoms. The summed E-state index contributed by atoms with van der Waals surface area (Å²) in [7, 11) is 0. The molecule has 0 saturated heterocycles. The third kappa shape index (κ3) is 4.20. The fraction of sp³-hybridized carbons (Fsp3) is 0.238. The van der Waals surface area contributed by atoms with Gasteiger partial charge in [-0.3, -0.25) is 0 Å². The van der Waals surface area contributed by atoms with Crippen LogP contribution in [0.5, 0.6) is 0 Å². The molecular weight excluding hydrogens is 430 g/mol. The van der Waals surface area contributed by atoms with Gasteiger partial charge in [0.25, 0.3) is 0 Å². The van der Waals surface area contributed by atoms with Gasteiger partial charge in [0.2, 0.25) is 0 Å². The van der Waals surface area contributed by atoms with E-state index in [0.29, 0.717) is 6.61 Å². The van der Waals surface area contributed by atoms with Crippen LogP contribution in [0.15, 0.2) is 63.5 Å². The van der Waals surface area contributed by atoms with Gasteiger partial charge < -0.3 is 24.8 Å². The Morgan fingerprint density at radius 3 is 2.60 bits per heavy atom. The Labute approximate surface area is 173 Å². The summed E-state index contributed by atoms with van der Waals surface area (Å²) >= 11 is -0.738. The van der Waals surface area contributed by atoms with Crippen molar-refractivity contribution in [1.82, 2.24) is 0 Å². The number of halogens is 2. The molecule has 128 valence electrons. The molecule has 0 bridgehead atoms. The van der Waals surface area contributed by atoms with E-state index in [2.05, 4.69) is 54.6 Å². The Morgan fingerprint density at radius 2 is 1.76 bits per heavy atom. The van der Waals surface area contributed by atoms with E-state index >= 15 is 0 Å². The van der Waals surface area contributed by atoms with E-state index in [1.807, 2.05) is 0 Å². The van der Waals surface area contributed by atoms with Crippen LogP contribution in [0.1, 0.15) is 30.4 Å². The van der Waals surface area contributed by atoms with Gasteiger partial charge >= 0.3 is 150 Å². The van der Waals surface area contributed by atoms with E-state index in [9.17, 15) is 0 Å². The SMILES string of the molecule is OCCCC1=[C]([Zr+2][c]2cccc3c2Cc2ccccc2-3)CC=C1.[Cl-].[Cl-]. The van der Waals surface area contributed by atoms with Gasteiger partial charge in [-0.1, -0.05) is 0 Å². The van der Waals surface area contributed by atoms with E-state index in [1.165, 1.54) is 22.3 Å². The van der Waals surface area contributed by atoms with Crippen molar-refractivity contribution in [3.8, 4) is 11.1 Å². The average molecular weight is 451 g/mol. The van der Waals surface area contributed by atoms with Crippen LogP contribution in [-0.2, 0) is 29.7 Å². The number of aliphatic hydroxyl groups excluding tert-OH is 1. The summed E-state index contributed by atoms with van der Waals surface area (Å²) < 4.78 is 3.34. The quantitative estimate of drug-likeness (QED) is 0.475. The topological polar surface area (TPSA) is 20.2 Å². The second-order valence-electron chi connectivity index (χ2n) is 6.23. The zero-order chi connectivity index (χ0) is 15.6. The van der Waals surface area contributed by atoms with E-state index in [-0.39, 0.29) is 24.8 Å². The Bertz CT molecular complexity index is 811. The third-order valence-corrected chi connectivity index (χ3v) is 8.62. The maximum Gasteiger partial charge on any atom is -1.00 e. The third-order valence-electron chi connectivity index (χ3n) is 4.77. The molecule has 1 nitrogen and oxygen atoms in total. The minimum absolute atomic E-state index is 0. The number of hydrogen-bond acceptors (Lipinski definition) is 1. The monoisotopic (exact) mass is 448 g/mol. The molecule has 0 aromatic heterocycles. The van der Waals surface area contributed by atoms with Crippen LogP contribution < -0.4 is 28.1 Å². The van der Waals surface area contributed by atoms with Gasteiger partial charge in [0.1, 0.15) is 0 Å². The molecule has 2 aromatic carbocycles. The summed E-state index contributed by atoms with van der Waals surface area (Å²) in [6.07, 6.45) is 8.78. The Morgan fingerprint density at radius 1 is 0.960 bits per heavy atom. The van der Waals surface area contributed by atoms with E-state index in [4.69, 9.17) is 5.11 Å². The number of fused-ring (bicyclic) bond motifs is 3. The van der Waals surface area contributed by atoms with Crippen LogP contribution in [0, 0.1) is 0 Å². The number of benzene rings is 2. The summed E-state index contributed by atoms with van der Waals surface area (Å²) in [5.41, 5.74) is 7.47. The predicted molar refractivity (Wildman–Crippen MR) is 91.4 cm³/mol. The standard InChI is InChI=1S/C13H9.C8H11O.2ClH.Zr/c1-3-7-12-10(5-1)9-11-6-2-4-8-13(11)12;9-7-3-6-8-4-1-2-5-8;;;/h1-5,7-8H,9H2;1,4,9H,2-3,6-7H2;2*1H;/q;;;;+2/p-2. The molecule has 2 aromatic rings. The fourth-order valence-electron chi connectivity index (χ4n) is 3.62. The van der Waals surface area contributed by atoms with Crippen molar-refractivity contribution in [2.75, 3.05) is 6.61 Å². The van der Waals surface area contributed by atoms with E-state index in [1.54, 1.807) is 12.1 Å². The first-order valence-electron chi connectivity index (χ1n) is 8.33. The first-order valence-corrected chi connectivity index (χ1v) is 10.8. The molecule has 4 rings (SSSR count). The maximum atomic E-state index is 9.10. The first kappa shape index (κ1) is 20.7. The maximum absolute atomic E-state index is 9.10. The predicted octanol–water partition coefficient (Wildman–Crippen LogP) is -2.04. The molecule has 0 amide bonds. The van der Waals surface area contributed by atoms with Crippen LogP contribution in [0.25, 0.3) is 11.1 Å². The molecule has 0 aliphatic heterocycles. The Balaban J connectivity index is 0.00000113. The number of hydrogen-bond donors (Lipinski definition) is 1. The van der Waals surface area contributed by atoms with E-state index in [0.717, 1.165) is 25.7 Å². The molecule has 0 heterocycles. The summed E-state index contributed by atoms with van der Waals surface area (Å²) in [6, 6.07) is 15.7. The van der Waals surface area contributed by atoms with Crippen molar-refractivity contribution >= 4 is 3.27 Å². The van der Waals surface area contributed by atoms with Crippen molar-refractivity contribution in [3.63, 3.8) is 0 Å². The molecular formula is C21H20Cl2OZr. The van der Waals surface area contributed by atoms with Crippen molar-refractivity contribution < 1.29 is 53.2 Å². The molecule has 25 heavy (non-hydrogen) atoms. The van der Waals surface area contributed by atoms with Gasteiger partial charge in [-0.2, -0.15) is 0 Å². The van der Waals surface area contributed by atoms with Gasteiger partial charge in [0.15, 0.2) is 0 Å². The molecule has 1 N–H and O–H groups in total. The number of rotatable bonds is 5. The second kappa shape index (κ2) is 9.33. The second-order valence-corrected chi connectivity index (χ2v) is 9.65. The van der Waals surface area contributed by atoms with Gasteiger partial charge in [0, 0.05) is 0 Å². The molecule has 0 spiro atoms. The molecule has 2 aliphatic rings. The van der Waals surface area contributed by atoms with Gasteiger partial charge in [0.05, 0.1) is 0 Å². The van der Waals surface area contributed by atoms with Crippen molar-refractivity contribution in [3.05, 3.63) is 74.6 Å². The van der Waals surface area contributed by atoms with Crippen LogP contribution in [0.4, 0.5) is 0 Å². The minimum Gasteiger partial charge on any atom is -1.00 e. The fourth-order valence-corrected chi connectivity index (χ4v) is 7.23. The molecule has 0 saturated carbocycles. The Hall–Kier alpha value is -0.657. The van der Waals surface area contributed by atoms with E-state index < -0.39 is 23.2 Å². The molecule has 2 aliphatic carbocycles. The van der Waals surface area contributed by atoms with Crippen molar-refractivity contribution in [2.45, 2.75) is 25.7 Å². The van der Waals surface area contributed by atoms with Gasteiger partial charge in [-0.25, -0.2) is 0 Å². The zero-order valence-electron chi connectivity index (χ0n) is 13.9. The molecule has 0 radical (unpaired) electrons. The normalized spacial score (nSPS) is 13.6. The van der Waals surface area contributed by atoms with Crippen molar-refractivity contribution in [1.29, 1.82) is 0 Å². The first-order chi connectivity index (χ1) is 11.4. The van der Waals surface area contributed by atoms with Gasteiger partial charge in [-0.15, -0.1) is 0 Å². The minimum atomic E-state index is -0.738. The van der Waals surface area contributed by atoms with Crippen molar-refractivity contribution in [2.24, 2.45) is 0 Å². The van der Waals surface area contributed by atoms with Crippen LogP contribution in [-0.4, -0.2) is 11.7 Å². The summed E-state index contributed by atoms with van der Waals surface area (Å²) in [6.45, 7) is 0.297. The summed E-state index contributed by atoms with van der Waals surface area (Å²) in [4.78, 5) is 0. The smallest absolute Gasteiger partial charge is 1.00 e. The molecule has 0 unspecified atom stereocenters. The van der Waals surface area contributed by atoms with Gasteiger partial charge in [-0.05, 0) is 0 Å². The summed E-state index contributed by atoms with van der Waals surface area (Å²) in [5, 5.41) is 9.10. The number of aliphatic hydroxyl groups is 1. The van der Waals surface area contributed by atoms with Crippen LogP contribution in [0.3, 0.4) is 0 Å². The largest absolute Gasteiger partial charge is 1.00 e. The number of allylic oxidation sites excluding steroid dienone is 4.